The van der Waals surface area contributed by atoms with Crippen LogP contribution in [0.5, 0.6) is 0 Å². The molecule has 7 atom stereocenters. The van der Waals surface area contributed by atoms with E-state index in [2.05, 4.69) is 134 Å². The van der Waals surface area contributed by atoms with Crippen molar-refractivity contribution in [1.82, 2.24) is 0 Å². The van der Waals surface area contributed by atoms with Gasteiger partial charge in [0, 0.05) is 45.1 Å². The second kappa shape index (κ2) is 18.7. The van der Waals surface area contributed by atoms with Crippen LogP contribution in [-0.2, 0) is 39.2 Å². The highest BCUT2D eigenvalue weighted by molar-refractivity contribution is 6.99. The van der Waals surface area contributed by atoms with Crippen molar-refractivity contribution in [2.75, 3.05) is 13.7 Å². The molecule has 5 rings (SSSR count). The molecule has 2 saturated heterocycles. The topological polar surface area (TPSA) is 72.5 Å². The van der Waals surface area contributed by atoms with Crippen molar-refractivity contribution in [2.24, 2.45) is 5.92 Å². The maximum Gasteiger partial charge on any atom is 0.261 e. The molecule has 0 radical (unpaired) electrons. The fourth-order valence-electron chi connectivity index (χ4n) is 8.76. The predicted octanol–water partition coefficient (Wildman–Crippen LogP) is 9.78. The zero-order valence-corrected chi connectivity index (χ0v) is 38.4. The number of hydrogen-bond donors (Lipinski definition) is 0. The van der Waals surface area contributed by atoms with Crippen molar-refractivity contribution in [3.63, 3.8) is 0 Å². The van der Waals surface area contributed by atoms with Gasteiger partial charge in [0.15, 0.2) is 14.1 Å². The van der Waals surface area contributed by atoms with Crippen LogP contribution < -0.4 is 10.4 Å². The van der Waals surface area contributed by atoms with Gasteiger partial charge in [-0.05, 0) is 45.5 Å². The van der Waals surface area contributed by atoms with E-state index in [0.717, 1.165) is 11.8 Å². The number of aldehydes is 1. The number of ether oxygens (including phenoxy) is 4. The van der Waals surface area contributed by atoms with Crippen molar-refractivity contribution in [1.29, 1.82) is 0 Å². The van der Waals surface area contributed by atoms with Gasteiger partial charge < -0.3 is 32.6 Å². The molecule has 1 spiro atoms. The average Bonchev–Trinajstić information content (AvgIpc) is 3.16. The summed E-state index contributed by atoms with van der Waals surface area (Å²) in [7, 11) is -3.44. The Labute approximate surface area is 346 Å². The van der Waals surface area contributed by atoms with E-state index in [1.165, 1.54) is 10.4 Å². The summed E-state index contributed by atoms with van der Waals surface area (Å²) in [5.74, 6) is -1.39. The molecule has 7 nitrogen and oxygen atoms in total. The molecule has 2 aliphatic rings. The molecule has 0 aliphatic carbocycles. The van der Waals surface area contributed by atoms with Crippen LogP contribution in [0.25, 0.3) is 0 Å². The first-order valence-corrected chi connectivity index (χ1v) is 25.8. The minimum absolute atomic E-state index is 0.0336. The quantitative estimate of drug-likeness (QED) is 0.0764. The van der Waals surface area contributed by atoms with Crippen LogP contribution in [-0.4, -0.2) is 72.4 Å². The van der Waals surface area contributed by atoms with Crippen LogP contribution in [0, 0.1) is 5.92 Å². The molecule has 2 fully saturated rings. The smallest absolute Gasteiger partial charge is 0.261 e. The number of rotatable bonds is 17. The summed E-state index contributed by atoms with van der Waals surface area (Å²) in [6, 6.07) is 31.9. The van der Waals surface area contributed by atoms with Gasteiger partial charge in [0.25, 0.3) is 8.32 Å². The molecule has 0 aromatic heterocycles. The lowest BCUT2D eigenvalue weighted by Crippen LogP contribution is -2.69. The van der Waals surface area contributed by atoms with Gasteiger partial charge in [-0.1, -0.05) is 146 Å². The number of benzene rings is 3. The normalized spacial score (nSPS) is 25.8. The zero-order chi connectivity index (χ0) is 41.5. The van der Waals surface area contributed by atoms with Crippen LogP contribution in [0.2, 0.25) is 23.2 Å². The standard InChI is InChI=1S/C48H70O7Si2/c1-12-28-47(33-44(37(2)34-49)54-56(10,11)45(3,4)5)30-41(50-9)32-48(55-47)31-39(29-40(52-48)36-51-35-38-22-16-13-17-23-38)53-57(46(6,7)8,42-24-18-14-19-25-42)43-26-20-15-21-27-43/h12-27,34,37,39-41,44H,1,28-33,35-36H2,2-11H3/t37-,39-,40+,41-,44-,47-,48-/m0/s1. The Bertz CT molecular complexity index is 1670. The molecule has 57 heavy (non-hydrogen) atoms. The minimum atomic E-state index is -2.95. The lowest BCUT2D eigenvalue weighted by atomic mass is 9.78. The zero-order valence-electron chi connectivity index (χ0n) is 36.4. The van der Waals surface area contributed by atoms with Crippen LogP contribution >= 0.6 is 0 Å². The van der Waals surface area contributed by atoms with E-state index in [-0.39, 0.29) is 40.4 Å². The lowest BCUT2D eigenvalue weighted by molar-refractivity contribution is -0.369. The first-order chi connectivity index (χ1) is 26.9. The van der Waals surface area contributed by atoms with Gasteiger partial charge in [0.05, 0.1) is 43.2 Å². The van der Waals surface area contributed by atoms with Crippen LogP contribution in [0.15, 0.2) is 104 Å². The van der Waals surface area contributed by atoms with Gasteiger partial charge >= 0.3 is 0 Å². The highest BCUT2D eigenvalue weighted by Crippen LogP contribution is 2.50. The second-order valence-corrected chi connectivity index (χ2v) is 28.2. The molecule has 2 aliphatic heterocycles. The van der Waals surface area contributed by atoms with E-state index < -0.39 is 28.0 Å². The summed E-state index contributed by atoms with van der Waals surface area (Å²) in [5.41, 5.74) is 0.346. The fraction of sp³-hybridized carbons (Fsp3) is 0.562. The Hall–Kier alpha value is -2.74. The number of carbonyl (C=O) groups is 1. The molecular weight excluding hydrogens is 745 g/mol. The summed E-state index contributed by atoms with van der Waals surface area (Å²) in [6.45, 7) is 25.2. The van der Waals surface area contributed by atoms with E-state index in [1.54, 1.807) is 7.11 Å². The highest BCUT2D eigenvalue weighted by atomic mass is 28.4. The molecule has 9 heteroatoms. The van der Waals surface area contributed by atoms with Gasteiger partial charge in [0.2, 0.25) is 0 Å². The molecule has 0 N–H and O–H groups in total. The van der Waals surface area contributed by atoms with Crippen molar-refractivity contribution < 1.29 is 32.6 Å². The van der Waals surface area contributed by atoms with E-state index in [1.807, 2.05) is 31.2 Å². The number of hydrogen-bond acceptors (Lipinski definition) is 7. The fourth-order valence-corrected chi connectivity index (χ4v) is 14.9. The molecule has 0 unspecified atom stereocenters. The van der Waals surface area contributed by atoms with Gasteiger partial charge in [-0.3, -0.25) is 0 Å². The molecule has 3 aromatic carbocycles. The van der Waals surface area contributed by atoms with E-state index in [4.69, 9.17) is 27.8 Å². The van der Waals surface area contributed by atoms with Crippen LogP contribution in [0.3, 0.4) is 0 Å². The first kappa shape index (κ1) is 45.3. The van der Waals surface area contributed by atoms with Crippen LogP contribution in [0.4, 0.5) is 0 Å². The number of carbonyl (C=O) groups excluding carboxylic acids is 1. The Kier molecular flexibility index (Phi) is 14.9. The minimum Gasteiger partial charge on any atom is -0.413 e. The first-order valence-electron chi connectivity index (χ1n) is 21.0. The highest BCUT2D eigenvalue weighted by Gasteiger charge is 2.58. The Morgan fingerprint density at radius 2 is 1.40 bits per heavy atom. The van der Waals surface area contributed by atoms with Gasteiger partial charge in [-0.15, -0.1) is 6.58 Å². The third-order valence-electron chi connectivity index (χ3n) is 12.6. The summed E-state index contributed by atoms with van der Waals surface area (Å²) < 4.78 is 42.5. The number of methoxy groups -OCH3 is 1. The molecule has 3 aromatic rings. The largest absolute Gasteiger partial charge is 0.413 e. The maximum atomic E-state index is 12.5. The molecule has 0 amide bonds. The van der Waals surface area contributed by atoms with E-state index in [9.17, 15) is 4.79 Å². The summed E-state index contributed by atoms with van der Waals surface area (Å²) in [6.07, 6.45) is 5.28. The Morgan fingerprint density at radius 1 is 0.842 bits per heavy atom. The third kappa shape index (κ3) is 10.7. The van der Waals surface area contributed by atoms with E-state index >= 15 is 0 Å². The third-order valence-corrected chi connectivity index (χ3v) is 22.2. The second-order valence-electron chi connectivity index (χ2n) is 19.2. The monoisotopic (exact) mass is 814 g/mol. The van der Waals surface area contributed by atoms with Crippen LogP contribution in [0.1, 0.15) is 92.6 Å². The van der Waals surface area contributed by atoms with Crippen molar-refractivity contribution in [2.45, 2.75) is 153 Å². The van der Waals surface area contributed by atoms with Gasteiger partial charge in [0.1, 0.15) is 6.29 Å². The predicted molar refractivity (Wildman–Crippen MR) is 236 cm³/mol. The average molecular weight is 815 g/mol. The molecule has 0 bridgehead atoms. The van der Waals surface area contributed by atoms with Gasteiger partial charge in [-0.2, -0.15) is 0 Å². The Morgan fingerprint density at radius 3 is 1.91 bits per heavy atom. The van der Waals surface area contributed by atoms with Crippen molar-refractivity contribution >= 4 is 33.3 Å². The van der Waals surface area contributed by atoms with Gasteiger partial charge in [-0.25, -0.2) is 0 Å². The molecule has 0 saturated carbocycles. The Balaban J connectivity index is 1.58. The summed E-state index contributed by atoms with van der Waals surface area (Å²) in [5, 5.41) is 2.22. The SMILES string of the molecule is C=CC[C@@]1(C[C@H](O[Si](C)(C)C(C)(C)C)[C@@H](C)C=O)C[C@H](OC)C[C@]2(C[C@@H](O[Si](c3ccccc3)(c3ccccc3)C(C)(C)C)C[C@H](COCc3ccccc3)O2)O1. The molecule has 312 valence electrons. The molecular formula is C48H70O7Si2. The molecule has 2 heterocycles. The maximum absolute atomic E-state index is 12.5. The lowest BCUT2D eigenvalue weighted by Gasteiger charge is -2.56. The van der Waals surface area contributed by atoms with Crippen molar-refractivity contribution in [3.8, 4) is 0 Å². The summed E-state index contributed by atoms with van der Waals surface area (Å²) >= 11 is 0. The van der Waals surface area contributed by atoms with E-state index in [0.29, 0.717) is 51.7 Å². The summed E-state index contributed by atoms with van der Waals surface area (Å²) in [4.78, 5) is 12.5. The van der Waals surface area contributed by atoms with Crippen molar-refractivity contribution in [3.05, 3.63) is 109 Å².